The highest BCUT2D eigenvalue weighted by molar-refractivity contribution is 5.92. The predicted octanol–water partition coefficient (Wildman–Crippen LogP) is 1.08. The standard InChI is InChI=1S/C12H19N3O2.ClH/c1-4-15-8-10(5-6-11(15)16)14-12(17)9(2)7-13-3;/h5-6,8-9,13H,4,7H2,1-3H3,(H,14,17);1H. The molecule has 0 aliphatic carbocycles. The molecule has 1 heterocycles. The number of nitrogens with one attached hydrogen (secondary N) is 2. The third kappa shape index (κ3) is 4.50. The van der Waals surface area contributed by atoms with Gasteiger partial charge in [-0.05, 0) is 20.0 Å². The first-order valence-corrected chi connectivity index (χ1v) is 5.74. The molecule has 6 heteroatoms. The number of rotatable bonds is 5. The molecule has 0 bridgehead atoms. The molecule has 1 unspecified atom stereocenters. The number of hydrogen-bond donors (Lipinski definition) is 2. The quantitative estimate of drug-likeness (QED) is 0.844. The largest absolute Gasteiger partial charge is 0.325 e. The minimum absolute atomic E-state index is 0. The summed E-state index contributed by atoms with van der Waals surface area (Å²) < 4.78 is 1.55. The average Bonchev–Trinajstić information content (AvgIpc) is 2.31. The first kappa shape index (κ1) is 16.7. The number of carbonyl (C=O) groups excluding carboxylic acids is 1. The van der Waals surface area contributed by atoms with Crippen LogP contribution in [0.1, 0.15) is 13.8 Å². The number of nitrogens with zero attached hydrogens (tertiary/aromatic N) is 1. The van der Waals surface area contributed by atoms with E-state index in [-0.39, 0.29) is 29.8 Å². The van der Waals surface area contributed by atoms with Gasteiger partial charge in [-0.3, -0.25) is 9.59 Å². The molecule has 0 saturated carbocycles. The van der Waals surface area contributed by atoms with Crippen LogP contribution >= 0.6 is 12.4 Å². The van der Waals surface area contributed by atoms with Crippen molar-refractivity contribution in [1.82, 2.24) is 9.88 Å². The lowest BCUT2D eigenvalue weighted by atomic mass is 10.1. The summed E-state index contributed by atoms with van der Waals surface area (Å²) in [4.78, 5) is 23.1. The molecule has 1 atom stereocenters. The second-order valence-corrected chi connectivity index (χ2v) is 3.99. The van der Waals surface area contributed by atoms with E-state index in [2.05, 4.69) is 10.6 Å². The highest BCUT2D eigenvalue weighted by Crippen LogP contribution is 2.06. The van der Waals surface area contributed by atoms with E-state index in [9.17, 15) is 9.59 Å². The predicted molar refractivity (Wildman–Crippen MR) is 75.3 cm³/mol. The SMILES string of the molecule is CCn1cc(NC(=O)C(C)CNC)ccc1=O.Cl. The van der Waals surface area contributed by atoms with Crippen LogP contribution in [0.3, 0.4) is 0 Å². The summed E-state index contributed by atoms with van der Waals surface area (Å²) in [6.45, 7) is 4.95. The molecule has 0 aromatic carbocycles. The van der Waals surface area contributed by atoms with Crippen LogP contribution < -0.4 is 16.2 Å². The maximum atomic E-state index is 11.7. The Bertz CT molecular complexity index is 445. The third-order valence-corrected chi connectivity index (χ3v) is 2.55. The first-order chi connectivity index (χ1) is 8.08. The number of hydrogen-bond acceptors (Lipinski definition) is 3. The normalized spacial score (nSPS) is 11.5. The molecule has 102 valence electrons. The van der Waals surface area contributed by atoms with Gasteiger partial charge in [-0.15, -0.1) is 12.4 Å². The molecule has 1 rings (SSSR count). The van der Waals surface area contributed by atoms with Gasteiger partial charge >= 0.3 is 0 Å². The Labute approximate surface area is 113 Å². The van der Waals surface area contributed by atoms with Crippen molar-refractivity contribution in [3.8, 4) is 0 Å². The lowest BCUT2D eigenvalue weighted by Gasteiger charge is -2.12. The molecule has 1 amide bonds. The van der Waals surface area contributed by atoms with E-state index in [1.807, 2.05) is 13.8 Å². The second-order valence-electron chi connectivity index (χ2n) is 3.99. The van der Waals surface area contributed by atoms with Gasteiger partial charge in [0, 0.05) is 31.3 Å². The summed E-state index contributed by atoms with van der Waals surface area (Å²) in [5.74, 6) is -0.164. The summed E-state index contributed by atoms with van der Waals surface area (Å²) in [7, 11) is 1.81. The monoisotopic (exact) mass is 273 g/mol. The molecular formula is C12H20ClN3O2. The fourth-order valence-electron chi connectivity index (χ4n) is 1.52. The minimum Gasteiger partial charge on any atom is -0.325 e. The molecule has 0 aliphatic heterocycles. The Hall–Kier alpha value is -1.33. The number of amides is 1. The fraction of sp³-hybridized carbons (Fsp3) is 0.500. The molecule has 1 aromatic heterocycles. The van der Waals surface area contributed by atoms with Crippen molar-refractivity contribution < 1.29 is 4.79 Å². The Kier molecular flexibility index (Phi) is 7.31. The van der Waals surface area contributed by atoms with Gasteiger partial charge in [0.15, 0.2) is 0 Å². The van der Waals surface area contributed by atoms with Crippen molar-refractivity contribution in [2.24, 2.45) is 5.92 Å². The van der Waals surface area contributed by atoms with Crippen molar-refractivity contribution in [3.63, 3.8) is 0 Å². The maximum absolute atomic E-state index is 11.7. The number of halogens is 1. The smallest absolute Gasteiger partial charge is 0.250 e. The Morgan fingerprint density at radius 2 is 2.11 bits per heavy atom. The number of carbonyl (C=O) groups is 1. The minimum atomic E-state index is -0.109. The second kappa shape index (κ2) is 7.89. The molecule has 1 aromatic rings. The van der Waals surface area contributed by atoms with Crippen LogP contribution in [0.2, 0.25) is 0 Å². The molecular weight excluding hydrogens is 254 g/mol. The van der Waals surface area contributed by atoms with E-state index >= 15 is 0 Å². The molecule has 0 saturated heterocycles. The molecule has 2 N–H and O–H groups in total. The highest BCUT2D eigenvalue weighted by atomic mass is 35.5. The lowest BCUT2D eigenvalue weighted by molar-refractivity contribution is -0.119. The summed E-state index contributed by atoms with van der Waals surface area (Å²) in [6.07, 6.45) is 1.66. The van der Waals surface area contributed by atoms with Gasteiger partial charge in [-0.25, -0.2) is 0 Å². The van der Waals surface area contributed by atoms with Crippen LogP contribution in [-0.2, 0) is 11.3 Å². The summed E-state index contributed by atoms with van der Waals surface area (Å²) in [5.41, 5.74) is 0.591. The molecule has 0 spiro atoms. The van der Waals surface area contributed by atoms with Crippen LogP contribution in [-0.4, -0.2) is 24.1 Å². The van der Waals surface area contributed by atoms with Gasteiger partial charge in [0.1, 0.15) is 0 Å². The maximum Gasteiger partial charge on any atom is 0.250 e. The van der Waals surface area contributed by atoms with Gasteiger partial charge in [-0.1, -0.05) is 6.92 Å². The van der Waals surface area contributed by atoms with Crippen molar-refractivity contribution in [1.29, 1.82) is 0 Å². The van der Waals surface area contributed by atoms with Gasteiger partial charge in [-0.2, -0.15) is 0 Å². The van der Waals surface area contributed by atoms with E-state index in [0.717, 1.165) is 0 Å². The van der Waals surface area contributed by atoms with Crippen LogP contribution in [0.15, 0.2) is 23.1 Å². The van der Waals surface area contributed by atoms with Crippen LogP contribution in [0, 0.1) is 5.92 Å². The zero-order chi connectivity index (χ0) is 12.8. The van der Waals surface area contributed by atoms with Gasteiger partial charge < -0.3 is 15.2 Å². The number of aromatic nitrogens is 1. The molecule has 0 radical (unpaired) electrons. The van der Waals surface area contributed by atoms with Crippen LogP contribution in [0.4, 0.5) is 5.69 Å². The molecule has 0 fully saturated rings. The lowest BCUT2D eigenvalue weighted by Crippen LogP contribution is -2.29. The Morgan fingerprint density at radius 1 is 1.44 bits per heavy atom. The van der Waals surface area contributed by atoms with E-state index in [1.165, 1.54) is 6.07 Å². The zero-order valence-corrected chi connectivity index (χ0v) is 11.7. The van der Waals surface area contributed by atoms with E-state index in [0.29, 0.717) is 18.8 Å². The third-order valence-electron chi connectivity index (χ3n) is 2.55. The number of anilines is 1. The first-order valence-electron chi connectivity index (χ1n) is 5.74. The fourth-order valence-corrected chi connectivity index (χ4v) is 1.52. The topological polar surface area (TPSA) is 63.1 Å². The summed E-state index contributed by atoms with van der Waals surface area (Å²) in [5, 5.41) is 5.74. The van der Waals surface area contributed by atoms with Gasteiger partial charge in [0.25, 0.3) is 5.56 Å². The molecule has 5 nitrogen and oxygen atoms in total. The van der Waals surface area contributed by atoms with Crippen molar-refractivity contribution in [2.75, 3.05) is 18.9 Å². The molecule has 0 aliphatic rings. The van der Waals surface area contributed by atoms with Crippen molar-refractivity contribution in [3.05, 3.63) is 28.7 Å². The van der Waals surface area contributed by atoms with Crippen LogP contribution in [0.25, 0.3) is 0 Å². The highest BCUT2D eigenvalue weighted by Gasteiger charge is 2.11. The number of aryl methyl sites for hydroxylation is 1. The van der Waals surface area contributed by atoms with E-state index in [1.54, 1.807) is 23.9 Å². The summed E-state index contributed by atoms with van der Waals surface area (Å²) >= 11 is 0. The average molecular weight is 274 g/mol. The Morgan fingerprint density at radius 3 is 2.67 bits per heavy atom. The van der Waals surface area contributed by atoms with Gasteiger partial charge in [0.05, 0.1) is 5.69 Å². The number of pyridine rings is 1. The van der Waals surface area contributed by atoms with E-state index in [4.69, 9.17) is 0 Å². The summed E-state index contributed by atoms with van der Waals surface area (Å²) in [6, 6.07) is 3.08. The van der Waals surface area contributed by atoms with Crippen molar-refractivity contribution in [2.45, 2.75) is 20.4 Å². The van der Waals surface area contributed by atoms with E-state index < -0.39 is 0 Å². The van der Waals surface area contributed by atoms with Crippen LogP contribution in [0.5, 0.6) is 0 Å². The molecule has 18 heavy (non-hydrogen) atoms. The van der Waals surface area contributed by atoms with Gasteiger partial charge in [0.2, 0.25) is 5.91 Å². The Balaban J connectivity index is 0.00000289. The zero-order valence-electron chi connectivity index (χ0n) is 10.9. The van der Waals surface area contributed by atoms with Crippen molar-refractivity contribution >= 4 is 24.0 Å².